The van der Waals surface area contributed by atoms with Gasteiger partial charge < -0.3 is 15.2 Å². The lowest BCUT2D eigenvalue weighted by molar-refractivity contribution is 0.102. The molecule has 0 unspecified atom stereocenters. The molecule has 8 nitrogen and oxygen atoms in total. The first kappa shape index (κ1) is 19.5. The number of carbonyl (C=O) groups is 1. The Hall–Kier alpha value is -3.85. The number of nitrogens with one attached hydrogen (secondary N) is 1. The summed E-state index contributed by atoms with van der Waals surface area (Å²) in [7, 11) is 1.57. The number of nitrogens with zero attached hydrogens (tertiary/aromatic N) is 4. The van der Waals surface area contributed by atoms with Crippen LogP contribution in [0.5, 0.6) is 11.5 Å². The number of methoxy groups -OCH3 is 1. The quantitative estimate of drug-likeness (QED) is 0.422. The second-order valence-corrected chi connectivity index (χ2v) is 7.08. The molecule has 9 heteroatoms. The fourth-order valence-electron chi connectivity index (χ4n) is 2.88. The minimum atomic E-state index is -0.466. The molecule has 0 aliphatic rings. The largest absolute Gasteiger partial charge is 0.505 e. The number of phenolic OH excluding ortho intramolecular Hbond substituents is 1. The third-order valence-electron chi connectivity index (χ3n) is 4.34. The van der Waals surface area contributed by atoms with E-state index in [1.165, 1.54) is 0 Å². The zero-order valence-corrected chi connectivity index (χ0v) is 17.0. The van der Waals surface area contributed by atoms with Gasteiger partial charge in [0.2, 0.25) is 5.13 Å². The van der Waals surface area contributed by atoms with E-state index in [0.717, 1.165) is 16.9 Å². The molecule has 0 saturated carbocycles. The van der Waals surface area contributed by atoms with Crippen LogP contribution in [0, 0.1) is 6.92 Å². The molecule has 0 atom stereocenters. The van der Waals surface area contributed by atoms with Crippen molar-refractivity contribution in [2.24, 2.45) is 10.2 Å². The monoisotopic (exact) mass is 419 g/mol. The van der Waals surface area contributed by atoms with Crippen LogP contribution in [0.25, 0.3) is 10.8 Å². The maximum atomic E-state index is 12.9. The van der Waals surface area contributed by atoms with Crippen LogP contribution < -0.4 is 10.1 Å². The van der Waals surface area contributed by atoms with Crippen molar-refractivity contribution < 1.29 is 14.6 Å². The molecule has 2 N–H and O–H groups in total. The number of benzene rings is 3. The number of anilines is 1. The number of ether oxygens (including phenoxy) is 1. The molecule has 4 rings (SSSR count). The van der Waals surface area contributed by atoms with Gasteiger partial charge >= 0.3 is 0 Å². The summed E-state index contributed by atoms with van der Waals surface area (Å²) in [5.74, 6) is 0.545. The van der Waals surface area contributed by atoms with Crippen LogP contribution in [0.3, 0.4) is 0 Å². The number of azo groups is 1. The second-order valence-electron chi connectivity index (χ2n) is 6.35. The van der Waals surface area contributed by atoms with Gasteiger partial charge in [0, 0.05) is 22.6 Å². The Morgan fingerprint density at radius 2 is 1.90 bits per heavy atom. The fourth-order valence-corrected chi connectivity index (χ4v) is 3.39. The van der Waals surface area contributed by atoms with E-state index < -0.39 is 5.91 Å². The van der Waals surface area contributed by atoms with E-state index >= 15 is 0 Å². The molecule has 1 aromatic heterocycles. The van der Waals surface area contributed by atoms with E-state index in [2.05, 4.69) is 24.9 Å². The van der Waals surface area contributed by atoms with Gasteiger partial charge in [-0.3, -0.25) is 4.79 Å². The first-order valence-corrected chi connectivity index (χ1v) is 9.74. The first-order chi connectivity index (χ1) is 14.5. The Bertz CT molecular complexity index is 1250. The summed E-state index contributed by atoms with van der Waals surface area (Å²) in [4.78, 5) is 17.0. The number of rotatable bonds is 5. The number of aromatic hydroxyl groups is 1. The van der Waals surface area contributed by atoms with E-state index in [1.54, 1.807) is 50.4 Å². The number of aryl methyl sites for hydroxylation is 1. The lowest BCUT2D eigenvalue weighted by atomic mass is 10.0. The standard InChI is InChI=1S/C21H17N5O3S/c1-12-22-21(30-26-12)25-24-18-16-6-4-3-5-13(16)11-17(19(18)27)20(28)23-14-7-9-15(29-2)10-8-14/h3-11,27H,1-2H3,(H,23,28)/b25-24+. The van der Waals surface area contributed by atoms with Crippen LogP contribution in [0.15, 0.2) is 64.8 Å². The molecule has 4 aromatic rings. The Morgan fingerprint density at radius 1 is 1.13 bits per heavy atom. The molecule has 3 aromatic carbocycles. The van der Waals surface area contributed by atoms with Gasteiger partial charge in [-0.1, -0.05) is 24.3 Å². The number of hydrogen-bond acceptors (Lipinski definition) is 8. The predicted octanol–water partition coefficient (Wildman–Crippen LogP) is 5.38. The van der Waals surface area contributed by atoms with Crippen molar-refractivity contribution >= 4 is 44.7 Å². The summed E-state index contributed by atoms with van der Waals surface area (Å²) in [6, 6.07) is 15.8. The average Bonchev–Trinajstić information content (AvgIpc) is 3.18. The molecule has 0 aliphatic heterocycles. The van der Waals surface area contributed by atoms with Crippen molar-refractivity contribution in [3.63, 3.8) is 0 Å². The Morgan fingerprint density at radius 3 is 2.60 bits per heavy atom. The maximum absolute atomic E-state index is 12.9. The molecule has 150 valence electrons. The van der Waals surface area contributed by atoms with E-state index in [-0.39, 0.29) is 17.0 Å². The summed E-state index contributed by atoms with van der Waals surface area (Å²) in [6.07, 6.45) is 0. The van der Waals surface area contributed by atoms with Crippen molar-refractivity contribution in [3.05, 3.63) is 66.0 Å². The number of aromatic nitrogens is 2. The summed E-state index contributed by atoms with van der Waals surface area (Å²) in [5, 5.41) is 23.6. The third-order valence-corrected chi connectivity index (χ3v) is 5.03. The van der Waals surface area contributed by atoms with Crippen molar-refractivity contribution in [1.82, 2.24) is 9.36 Å². The zero-order chi connectivity index (χ0) is 21.1. The summed E-state index contributed by atoms with van der Waals surface area (Å²) in [6.45, 7) is 1.76. The van der Waals surface area contributed by atoms with E-state index in [4.69, 9.17) is 4.74 Å². The van der Waals surface area contributed by atoms with Crippen LogP contribution in [0.2, 0.25) is 0 Å². The highest BCUT2D eigenvalue weighted by molar-refractivity contribution is 7.09. The average molecular weight is 419 g/mol. The summed E-state index contributed by atoms with van der Waals surface area (Å²) >= 11 is 1.10. The molecule has 0 saturated heterocycles. The highest BCUT2D eigenvalue weighted by atomic mass is 32.1. The van der Waals surface area contributed by atoms with E-state index in [0.29, 0.717) is 27.8 Å². The van der Waals surface area contributed by atoms with Gasteiger partial charge in [0.25, 0.3) is 5.91 Å². The van der Waals surface area contributed by atoms with Crippen LogP contribution in [-0.2, 0) is 0 Å². The van der Waals surface area contributed by atoms with E-state index in [1.807, 2.05) is 18.2 Å². The van der Waals surface area contributed by atoms with Gasteiger partial charge in [-0.15, -0.1) is 10.2 Å². The van der Waals surface area contributed by atoms with Crippen LogP contribution in [0.1, 0.15) is 16.2 Å². The van der Waals surface area contributed by atoms with Gasteiger partial charge in [-0.25, -0.2) is 4.98 Å². The Balaban J connectivity index is 1.73. The van der Waals surface area contributed by atoms with Crippen molar-refractivity contribution in [1.29, 1.82) is 0 Å². The molecule has 0 spiro atoms. The lowest BCUT2D eigenvalue weighted by Gasteiger charge is -2.11. The van der Waals surface area contributed by atoms with Gasteiger partial charge in [0.1, 0.15) is 17.3 Å². The predicted molar refractivity (Wildman–Crippen MR) is 115 cm³/mol. The van der Waals surface area contributed by atoms with Gasteiger partial charge in [0.15, 0.2) is 5.75 Å². The molecule has 0 fully saturated rings. The normalized spacial score (nSPS) is 11.1. The molecule has 1 amide bonds. The molecular weight excluding hydrogens is 402 g/mol. The second kappa shape index (κ2) is 8.26. The highest BCUT2D eigenvalue weighted by Crippen LogP contribution is 2.39. The van der Waals surface area contributed by atoms with E-state index in [9.17, 15) is 9.90 Å². The number of phenols is 1. The first-order valence-electron chi connectivity index (χ1n) is 8.97. The van der Waals surface area contributed by atoms with Gasteiger partial charge in [-0.05, 0) is 42.6 Å². The fraction of sp³-hybridized carbons (Fsp3) is 0.0952. The molecular formula is C21H17N5O3S. The number of carbonyl (C=O) groups excluding carboxylic acids is 1. The molecule has 0 aliphatic carbocycles. The molecule has 0 radical (unpaired) electrons. The minimum absolute atomic E-state index is 0.0897. The van der Waals surface area contributed by atoms with Crippen LogP contribution in [0.4, 0.5) is 16.5 Å². The Kier molecular flexibility index (Phi) is 5.36. The maximum Gasteiger partial charge on any atom is 0.259 e. The molecule has 0 bridgehead atoms. The van der Waals surface area contributed by atoms with Crippen molar-refractivity contribution in [2.75, 3.05) is 12.4 Å². The summed E-state index contributed by atoms with van der Waals surface area (Å²) in [5.41, 5.74) is 0.855. The lowest BCUT2D eigenvalue weighted by Crippen LogP contribution is -2.12. The number of fused-ring (bicyclic) bond motifs is 1. The van der Waals surface area contributed by atoms with Gasteiger partial charge in [0.05, 0.1) is 12.7 Å². The van der Waals surface area contributed by atoms with Crippen LogP contribution >= 0.6 is 11.5 Å². The molecule has 30 heavy (non-hydrogen) atoms. The van der Waals surface area contributed by atoms with Gasteiger partial charge in [-0.2, -0.15) is 4.37 Å². The SMILES string of the molecule is COc1ccc(NC(=O)c2cc3ccccc3c(/N=N/c3nc(C)ns3)c2O)cc1. The minimum Gasteiger partial charge on any atom is -0.505 e. The summed E-state index contributed by atoms with van der Waals surface area (Å²) < 4.78 is 9.18. The number of amides is 1. The highest BCUT2D eigenvalue weighted by Gasteiger charge is 2.18. The molecule has 1 heterocycles. The van der Waals surface area contributed by atoms with Crippen LogP contribution in [-0.4, -0.2) is 27.5 Å². The third kappa shape index (κ3) is 3.96. The van der Waals surface area contributed by atoms with Crippen molar-refractivity contribution in [2.45, 2.75) is 6.92 Å². The topological polar surface area (TPSA) is 109 Å². The smallest absolute Gasteiger partial charge is 0.259 e. The number of hydrogen-bond donors (Lipinski definition) is 2. The Labute approximate surface area is 176 Å². The van der Waals surface area contributed by atoms with Crippen molar-refractivity contribution in [3.8, 4) is 11.5 Å². The zero-order valence-electron chi connectivity index (χ0n) is 16.2.